The summed E-state index contributed by atoms with van der Waals surface area (Å²) in [4.78, 5) is 53.2. The number of piperidine rings is 1. The number of rotatable bonds is 5. The molecular weight excluding hydrogens is 582 g/mol. The van der Waals surface area contributed by atoms with Gasteiger partial charge in [-0.05, 0) is 71.5 Å². The van der Waals surface area contributed by atoms with E-state index in [9.17, 15) is 24.0 Å². The molecule has 3 aliphatic carbocycles. The zero-order chi connectivity index (χ0) is 32.1. The average molecular weight is 650 g/mol. The molecule has 1 saturated heterocycles. The molecular formula is C34H67NO10. The van der Waals surface area contributed by atoms with Gasteiger partial charge in [0.25, 0.3) is 0 Å². The van der Waals surface area contributed by atoms with Gasteiger partial charge in [-0.1, -0.05) is 87.5 Å². The summed E-state index contributed by atoms with van der Waals surface area (Å²) < 4.78 is 0. The summed E-state index contributed by atoms with van der Waals surface area (Å²) in [5.41, 5.74) is 0. The Hall–Kier alpha value is -2.69. The number of hydrogen-bond donors (Lipinski definition) is 5. The zero-order valence-electron chi connectivity index (χ0n) is 25.8. The molecule has 0 radical (unpaired) electrons. The van der Waals surface area contributed by atoms with Gasteiger partial charge < -0.3 is 30.4 Å². The lowest BCUT2D eigenvalue weighted by molar-refractivity contribution is -0.144. The van der Waals surface area contributed by atoms with Crippen LogP contribution in [0.25, 0.3) is 0 Å². The first kappa shape index (κ1) is 49.2. The Labute approximate surface area is 272 Å². The van der Waals surface area contributed by atoms with Crippen molar-refractivity contribution >= 4 is 29.8 Å². The van der Waals surface area contributed by atoms with E-state index in [0.717, 1.165) is 103 Å². The van der Waals surface area contributed by atoms with Crippen molar-refractivity contribution in [3.63, 3.8) is 0 Å². The highest BCUT2D eigenvalue weighted by atomic mass is 16.4. The summed E-state index contributed by atoms with van der Waals surface area (Å²) in [5.74, 6) is -3.58. The Balaban J connectivity index is -0.000000232. The Morgan fingerprint density at radius 3 is 0.844 bits per heavy atom. The van der Waals surface area contributed by atoms with Gasteiger partial charge in [-0.2, -0.15) is 0 Å². The van der Waals surface area contributed by atoms with Crippen LogP contribution in [0.2, 0.25) is 0 Å². The Morgan fingerprint density at radius 1 is 0.467 bits per heavy atom. The average Bonchev–Trinajstić information content (AvgIpc) is 3.51. The topological polar surface area (TPSA) is 190 Å². The van der Waals surface area contributed by atoms with Crippen molar-refractivity contribution in [2.75, 3.05) is 20.1 Å². The molecule has 4 aliphatic rings. The van der Waals surface area contributed by atoms with Crippen LogP contribution >= 0.6 is 0 Å². The van der Waals surface area contributed by atoms with Crippen LogP contribution in [0, 0.1) is 29.6 Å². The first-order valence-corrected chi connectivity index (χ1v) is 15.6. The minimum absolute atomic E-state index is 0. The molecule has 0 spiro atoms. The highest BCUT2D eigenvalue weighted by molar-refractivity contribution is 5.71. The number of carboxylic acid groups (broad SMARTS) is 5. The first-order valence-electron chi connectivity index (χ1n) is 15.6. The lowest BCUT2D eigenvalue weighted by Gasteiger charge is -2.25. The molecule has 0 aromatic carbocycles. The van der Waals surface area contributed by atoms with E-state index in [1.165, 1.54) is 12.8 Å². The third-order valence-electron chi connectivity index (χ3n) is 8.17. The first-order chi connectivity index (χ1) is 19.8. The smallest absolute Gasteiger partial charge is 0.306 e. The highest BCUT2D eigenvalue weighted by Crippen LogP contribution is 2.25. The molecule has 1 aliphatic heterocycles. The lowest BCUT2D eigenvalue weighted by Crippen LogP contribution is -2.33. The van der Waals surface area contributed by atoms with Crippen molar-refractivity contribution in [2.45, 2.75) is 139 Å². The van der Waals surface area contributed by atoms with Crippen molar-refractivity contribution in [2.24, 2.45) is 29.6 Å². The van der Waals surface area contributed by atoms with Gasteiger partial charge in [-0.15, -0.1) is 0 Å². The predicted octanol–water partition coefficient (Wildman–Crippen LogP) is 7.61. The van der Waals surface area contributed by atoms with Crippen molar-refractivity contribution < 1.29 is 49.5 Å². The molecule has 0 unspecified atom stereocenters. The number of carbonyl (C=O) groups is 5. The number of likely N-dealkylation sites (tertiary alicyclic amines) is 1. The molecule has 0 bridgehead atoms. The van der Waals surface area contributed by atoms with Gasteiger partial charge in [0, 0.05) is 0 Å². The van der Waals surface area contributed by atoms with Gasteiger partial charge in [0.2, 0.25) is 0 Å². The van der Waals surface area contributed by atoms with Crippen LogP contribution in [0.15, 0.2) is 0 Å². The Morgan fingerprint density at radius 2 is 0.667 bits per heavy atom. The minimum atomic E-state index is -0.741. The lowest BCUT2D eigenvalue weighted by atomic mass is 9.90. The van der Waals surface area contributed by atoms with Gasteiger partial charge in [-0.3, -0.25) is 24.0 Å². The van der Waals surface area contributed by atoms with Crippen molar-refractivity contribution in [1.82, 2.24) is 4.90 Å². The molecule has 3 saturated carbocycles. The minimum Gasteiger partial charge on any atom is -0.481 e. The molecule has 4 fully saturated rings. The fourth-order valence-electron chi connectivity index (χ4n) is 5.13. The Kier molecular flexibility index (Phi) is 31.4. The van der Waals surface area contributed by atoms with Crippen LogP contribution in [0.3, 0.4) is 0 Å². The molecule has 0 amide bonds. The van der Waals surface area contributed by atoms with Crippen LogP contribution in [0.4, 0.5) is 0 Å². The Bertz CT molecular complexity index is 763. The van der Waals surface area contributed by atoms with E-state index in [4.69, 9.17) is 25.5 Å². The maximum absolute atomic E-state index is 10.4. The van der Waals surface area contributed by atoms with Crippen molar-refractivity contribution in [3.8, 4) is 0 Å². The maximum Gasteiger partial charge on any atom is 0.306 e. The van der Waals surface area contributed by atoms with Crippen LogP contribution < -0.4 is 0 Å². The quantitative estimate of drug-likeness (QED) is 0.197. The molecule has 11 heteroatoms. The molecule has 5 N–H and O–H groups in total. The summed E-state index contributed by atoms with van der Waals surface area (Å²) >= 11 is 0. The largest absolute Gasteiger partial charge is 0.481 e. The molecule has 268 valence electrons. The summed E-state index contributed by atoms with van der Waals surface area (Å²) in [7, 11) is 2.03. The van der Waals surface area contributed by atoms with Gasteiger partial charge in [0.1, 0.15) is 0 Å². The van der Waals surface area contributed by atoms with Crippen molar-refractivity contribution in [3.05, 3.63) is 0 Å². The fourth-order valence-corrected chi connectivity index (χ4v) is 5.13. The second-order valence-corrected chi connectivity index (χ2v) is 12.1. The van der Waals surface area contributed by atoms with Gasteiger partial charge in [0.05, 0.1) is 29.6 Å². The van der Waals surface area contributed by atoms with E-state index in [0.29, 0.717) is 0 Å². The monoisotopic (exact) mass is 649 g/mol. The number of aliphatic carboxylic acids is 5. The number of carboxylic acids is 5. The van der Waals surface area contributed by atoms with E-state index in [1.807, 2.05) is 7.05 Å². The number of nitrogens with zero attached hydrogens (tertiary/aromatic N) is 1. The normalized spacial score (nSPS) is 18.8. The molecule has 0 aromatic rings. The van der Waals surface area contributed by atoms with Gasteiger partial charge >= 0.3 is 29.8 Å². The SMILES string of the molecule is C.C.C.CC(C)C(=O)O.CN1CCC(C(=O)O)CC1.O=C(O)C1CCCC1.O=C(O)C1CCCCC1.O=C(O)C1CCCCC1. The predicted molar refractivity (Wildman–Crippen MR) is 179 cm³/mol. The summed E-state index contributed by atoms with van der Waals surface area (Å²) in [6.45, 7) is 5.14. The second-order valence-electron chi connectivity index (χ2n) is 12.1. The van der Waals surface area contributed by atoms with Crippen LogP contribution in [-0.2, 0) is 24.0 Å². The van der Waals surface area contributed by atoms with Gasteiger partial charge in [-0.25, -0.2) is 0 Å². The van der Waals surface area contributed by atoms with E-state index < -0.39 is 29.8 Å². The summed E-state index contributed by atoms with van der Waals surface area (Å²) in [5, 5.41) is 42.1. The molecule has 45 heavy (non-hydrogen) atoms. The van der Waals surface area contributed by atoms with Crippen molar-refractivity contribution in [1.29, 1.82) is 0 Å². The summed E-state index contributed by atoms with van der Waals surface area (Å²) in [6.07, 6.45) is 16.1. The van der Waals surface area contributed by atoms with Crippen LogP contribution in [-0.4, -0.2) is 80.4 Å². The van der Waals surface area contributed by atoms with E-state index in [-0.39, 0.29) is 51.9 Å². The maximum atomic E-state index is 10.4. The standard InChI is InChI=1S/C7H13NO2.2C7H12O2.C6H10O2.C4H8O2.3CH4/c1-8-4-2-6(3-5-8)7(9)10;2*8-7(9)6-4-2-1-3-5-6;7-6(8)5-3-1-2-4-5;1-3(2)4(5)6;;;/h6H,2-5H2,1H3,(H,9,10);2*6H,1-5H2,(H,8,9);5H,1-4H2,(H,7,8);3H,1-2H3,(H,5,6);3*1H4. The molecule has 11 nitrogen and oxygen atoms in total. The van der Waals surface area contributed by atoms with E-state index >= 15 is 0 Å². The second kappa shape index (κ2) is 28.8. The molecule has 1 heterocycles. The van der Waals surface area contributed by atoms with E-state index in [1.54, 1.807) is 13.8 Å². The zero-order valence-corrected chi connectivity index (χ0v) is 25.8. The summed E-state index contributed by atoms with van der Waals surface area (Å²) in [6, 6.07) is 0. The van der Waals surface area contributed by atoms with E-state index in [2.05, 4.69) is 4.90 Å². The fraction of sp³-hybridized carbons (Fsp3) is 0.853. The van der Waals surface area contributed by atoms with Crippen LogP contribution in [0.5, 0.6) is 0 Å². The third-order valence-corrected chi connectivity index (χ3v) is 8.17. The molecule has 4 rings (SSSR count). The molecule has 0 aromatic heterocycles. The van der Waals surface area contributed by atoms with Gasteiger partial charge in [0.15, 0.2) is 0 Å². The molecule has 0 atom stereocenters. The third kappa shape index (κ3) is 25.2. The highest BCUT2D eigenvalue weighted by Gasteiger charge is 2.23. The van der Waals surface area contributed by atoms with Crippen LogP contribution in [0.1, 0.15) is 139 Å². The number of hydrogen-bond acceptors (Lipinski definition) is 6.